The molecule has 3 aliphatic carbocycles. The summed E-state index contributed by atoms with van der Waals surface area (Å²) in [7, 11) is 0. The summed E-state index contributed by atoms with van der Waals surface area (Å²) in [6.45, 7) is 0. The third-order valence-corrected chi connectivity index (χ3v) is 7.62. The molecule has 0 amide bonds. The van der Waals surface area contributed by atoms with E-state index in [1.807, 2.05) is 60.7 Å². The summed E-state index contributed by atoms with van der Waals surface area (Å²) in [5.41, 5.74) is 1.65. The largest absolute Gasteiger partial charge is 0.507 e. The molecule has 0 aliphatic heterocycles. The van der Waals surface area contributed by atoms with Crippen LogP contribution in [0.25, 0.3) is 5.76 Å². The molecule has 3 nitrogen and oxygen atoms in total. The van der Waals surface area contributed by atoms with Crippen LogP contribution < -0.4 is 0 Å². The summed E-state index contributed by atoms with van der Waals surface area (Å²) in [5, 5.41) is 11.1. The summed E-state index contributed by atoms with van der Waals surface area (Å²) in [5.74, 6) is 0.244. The van der Waals surface area contributed by atoms with Crippen LogP contribution in [-0.2, 0) is 4.79 Å². The van der Waals surface area contributed by atoms with Crippen LogP contribution in [0.3, 0.4) is 0 Å². The molecule has 2 aromatic rings. The third kappa shape index (κ3) is 2.78. The predicted octanol–water partition coefficient (Wildman–Crippen LogP) is 5.62. The topological polar surface area (TPSA) is 54.4 Å². The van der Waals surface area contributed by atoms with Gasteiger partial charge in [0.25, 0.3) is 0 Å². The molecule has 3 fully saturated rings. The smallest absolute Gasteiger partial charge is 0.167 e. The summed E-state index contributed by atoms with van der Waals surface area (Å²) in [6.07, 6.45) is 5.51. The first-order valence-corrected chi connectivity index (χ1v) is 10.7. The van der Waals surface area contributed by atoms with Gasteiger partial charge in [0.05, 0.1) is 0 Å². The Morgan fingerprint density at radius 1 is 0.931 bits per heavy atom. The predicted molar refractivity (Wildman–Crippen MR) is 112 cm³/mol. The Labute approximate surface area is 171 Å². The number of aliphatic hydroxyl groups excluding tert-OH is 1. The van der Waals surface area contributed by atoms with E-state index in [0.29, 0.717) is 23.5 Å². The molecule has 1 spiro atoms. The molecule has 3 heteroatoms. The van der Waals surface area contributed by atoms with Crippen LogP contribution in [0.1, 0.15) is 54.4 Å². The van der Waals surface area contributed by atoms with Crippen LogP contribution in [0, 0.1) is 23.2 Å². The number of rotatable bonds is 3. The van der Waals surface area contributed by atoms with Gasteiger partial charge in [-0.25, -0.2) is 0 Å². The fraction of sp³-hybridized carbons (Fsp3) is 0.385. The molecule has 0 aromatic heterocycles. The second-order valence-corrected chi connectivity index (χ2v) is 8.95. The molecule has 0 heterocycles. The normalized spacial score (nSPS) is 32.6. The lowest BCUT2D eigenvalue weighted by Gasteiger charge is -2.46. The molecule has 29 heavy (non-hydrogen) atoms. The summed E-state index contributed by atoms with van der Waals surface area (Å²) in [4.78, 5) is 27.0. The van der Waals surface area contributed by atoms with Gasteiger partial charge in [0.1, 0.15) is 5.76 Å². The zero-order valence-corrected chi connectivity index (χ0v) is 16.5. The van der Waals surface area contributed by atoms with E-state index in [1.165, 1.54) is 6.42 Å². The third-order valence-electron chi connectivity index (χ3n) is 7.62. The molecule has 3 saturated carbocycles. The van der Waals surface area contributed by atoms with E-state index in [9.17, 15) is 14.7 Å². The summed E-state index contributed by atoms with van der Waals surface area (Å²) in [6, 6.07) is 18.8. The maximum Gasteiger partial charge on any atom is 0.167 e. The highest BCUT2D eigenvalue weighted by atomic mass is 16.3. The van der Waals surface area contributed by atoms with Gasteiger partial charge in [-0.1, -0.05) is 73.5 Å². The zero-order valence-electron chi connectivity index (χ0n) is 16.5. The number of carbonyl (C=O) groups is 2. The minimum absolute atomic E-state index is 0.0397. The van der Waals surface area contributed by atoms with Crippen molar-refractivity contribution in [1.29, 1.82) is 0 Å². The van der Waals surface area contributed by atoms with Gasteiger partial charge in [-0.05, 0) is 30.6 Å². The Bertz CT molecular complexity index is 976. The van der Waals surface area contributed by atoms with Crippen LogP contribution in [-0.4, -0.2) is 16.7 Å². The average molecular weight is 386 g/mol. The van der Waals surface area contributed by atoms with E-state index in [-0.39, 0.29) is 34.6 Å². The maximum absolute atomic E-state index is 13.7. The Morgan fingerprint density at radius 2 is 1.59 bits per heavy atom. The van der Waals surface area contributed by atoms with Crippen molar-refractivity contribution >= 4 is 17.3 Å². The molecular weight excluding hydrogens is 360 g/mol. The number of benzene rings is 2. The highest BCUT2D eigenvalue weighted by Gasteiger charge is 2.63. The number of fused-ring (bicyclic) bond motifs is 1. The van der Waals surface area contributed by atoms with Crippen molar-refractivity contribution < 1.29 is 14.7 Å². The first-order valence-electron chi connectivity index (χ1n) is 10.7. The van der Waals surface area contributed by atoms with Crippen molar-refractivity contribution in [3.05, 3.63) is 77.4 Å². The maximum atomic E-state index is 13.7. The quantitative estimate of drug-likeness (QED) is 0.423. The van der Waals surface area contributed by atoms with Gasteiger partial charge in [0.15, 0.2) is 11.6 Å². The van der Waals surface area contributed by atoms with Crippen molar-refractivity contribution in [3.8, 4) is 0 Å². The van der Waals surface area contributed by atoms with Crippen molar-refractivity contribution in [3.63, 3.8) is 0 Å². The Morgan fingerprint density at radius 3 is 2.28 bits per heavy atom. The molecule has 0 radical (unpaired) electrons. The fourth-order valence-electron chi connectivity index (χ4n) is 6.45. The number of hydrogen-bond donors (Lipinski definition) is 1. The molecule has 2 bridgehead atoms. The molecule has 2 aromatic carbocycles. The van der Waals surface area contributed by atoms with Crippen LogP contribution >= 0.6 is 0 Å². The number of carbonyl (C=O) groups excluding carboxylic acids is 2. The summed E-state index contributed by atoms with van der Waals surface area (Å²) >= 11 is 0. The van der Waals surface area contributed by atoms with E-state index in [2.05, 4.69) is 0 Å². The second-order valence-electron chi connectivity index (χ2n) is 8.95. The molecule has 4 atom stereocenters. The van der Waals surface area contributed by atoms with Crippen molar-refractivity contribution in [1.82, 2.24) is 0 Å². The number of Topliss-reactive ketones (excluding diaryl/α,β-unsaturated/α-hetero) is 2. The van der Waals surface area contributed by atoms with Gasteiger partial charge in [-0.3, -0.25) is 9.59 Å². The highest BCUT2D eigenvalue weighted by molar-refractivity contribution is 6.07. The van der Waals surface area contributed by atoms with Crippen LogP contribution in [0.4, 0.5) is 0 Å². The highest BCUT2D eigenvalue weighted by Crippen LogP contribution is 2.65. The van der Waals surface area contributed by atoms with Crippen molar-refractivity contribution in [2.24, 2.45) is 23.2 Å². The number of aliphatic hydroxyl groups is 1. The van der Waals surface area contributed by atoms with E-state index in [0.717, 1.165) is 31.2 Å². The van der Waals surface area contributed by atoms with Crippen molar-refractivity contribution in [2.75, 3.05) is 0 Å². The molecule has 3 unspecified atom stereocenters. The minimum atomic E-state index is -0.229. The lowest BCUT2D eigenvalue weighted by atomic mass is 9.56. The van der Waals surface area contributed by atoms with Crippen LogP contribution in [0.2, 0.25) is 0 Å². The second kappa shape index (κ2) is 6.98. The molecule has 0 saturated heterocycles. The number of hydrogen-bond acceptors (Lipinski definition) is 3. The molecule has 5 rings (SSSR count). The minimum Gasteiger partial charge on any atom is -0.507 e. The van der Waals surface area contributed by atoms with Gasteiger partial charge < -0.3 is 5.11 Å². The SMILES string of the molecule is O=C1CC23CCCCC2CC(C1=C(O)c1ccccc1)[C@@H]3C(=O)c1ccccc1. The van der Waals surface area contributed by atoms with Gasteiger partial charge in [0.2, 0.25) is 0 Å². The van der Waals surface area contributed by atoms with Gasteiger partial charge in [0, 0.05) is 35.0 Å². The molecule has 3 aliphatic rings. The zero-order chi connectivity index (χ0) is 20.0. The molecular formula is C26H26O3. The van der Waals surface area contributed by atoms with E-state index in [1.54, 1.807) is 0 Å². The molecule has 1 N–H and O–H groups in total. The average Bonchev–Trinajstić information content (AvgIpc) is 3.01. The first kappa shape index (κ1) is 18.4. The van der Waals surface area contributed by atoms with E-state index in [4.69, 9.17) is 0 Å². The van der Waals surface area contributed by atoms with Gasteiger partial charge in [-0.15, -0.1) is 0 Å². The van der Waals surface area contributed by atoms with E-state index < -0.39 is 0 Å². The summed E-state index contributed by atoms with van der Waals surface area (Å²) < 4.78 is 0. The Hall–Kier alpha value is -2.68. The van der Waals surface area contributed by atoms with Crippen LogP contribution in [0.15, 0.2) is 66.2 Å². The lowest BCUT2D eigenvalue weighted by Crippen LogP contribution is -2.46. The Balaban J connectivity index is 1.65. The Kier molecular flexibility index (Phi) is 4.42. The fourth-order valence-corrected chi connectivity index (χ4v) is 6.45. The van der Waals surface area contributed by atoms with Gasteiger partial charge >= 0.3 is 0 Å². The molecule has 148 valence electrons. The van der Waals surface area contributed by atoms with E-state index >= 15 is 0 Å². The monoisotopic (exact) mass is 386 g/mol. The van der Waals surface area contributed by atoms with Gasteiger partial charge in [-0.2, -0.15) is 0 Å². The first-order chi connectivity index (χ1) is 14.1. The van der Waals surface area contributed by atoms with Crippen molar-refractivity contribution in [2.45, 2.75) is 38.5 Å². The standard InChI is InChI=1S/C26H26O3/c27-21-16-26-14-8-7-13-19(26)15-20(22(21)24(28)17-9-3-1-4-10-17)23(26)25(29)18-11-5-2-6-12-18/h1-6,9-12,19-20,23,28H,7-8,13-16H2/t19?,20?,23-,26?/m1/s1. The number of ketones is 2. The number of allylic oxidation sites excluding steroid dienone is 1. The van der Waals surface area contributed by atoms with Crippen LogP contribution in [0.5, 0.6) is 0 Å². The lowest BCUT2D eigenvalue weighted by molar-refractivity contribution is -0.122.